The lowest BCUT2D eigenvalue weighted by atomic mass is 9.78. The van der Waals surface area contributed by atoms with E-state index in [-0.39, 0.29) is 24.0 Å². The Labute approximate surface area is 172 Å². The van der Waals surface area contributed by atoms with Crippen LogP contribution in [0.4, 0.5) is 0 Å². The zero-order valence-corrected chi connectivity index (χ0v) is 17.7. The first kappa shape index (κ1) is 20.4. The number of hydrogen-bond acceptors (Lipinski definition) is 3. The van der Waals surface area contributed by atoms with Crippen LogP contribution < -0.4 is 20.1 Å². The van der Waals surface area contributed by atoms with Gasteiger partial charge in [-0.1, -0.05) is 30.3 Å². The molecule has 0 heterocycles. The van der Waals surface area contributed by atoms with Gasteiger partial charge in [0.05, 0.1) is 14.2 Å². The summed E-state index contributed by atoms with van der Waals surface area (Å²) in [6.07, 6.45) is 1.13. The van der Waals surface area contributed by atoms with Crippen LogP contribution in [0.25, 0.3) is 0 Å². The molecule has 0 spiro atoms. The van der Waals surface area contributed by atoms with E-state index in [1.54, 1.807) is 21.3 Å². The molecule has 6 heteroatoms. The summed E-state index contributed by atoms with van der Waals surface area (Å²) < 4.78 is 10.6. The summed E-state index contributed by atoms with van der Waals surface area (Å²) in [5, 5.41) is 6.76. The van der Waals surface area contributed by atoms with Crippen LogP contribution in [0.5, 0.6) is 11.5 Å². The highest BCUT2D eigenvalue weighted by atomic mass is 127. The number of hydrogen-bond donors (Lipinski definition) is 2. The molecular weight excluding hydrogens is 441 g/mol. The molecule has 0 saturated carbocycles. The summed E-state index contributed by atoms with van der Waals surface area (Å²) in [6, 6.07) is 14.5. The molecule has 1 atom stereocenters. The van der Waals surface area contributed by atoms with E-state index in [0.717, 1.165) is 36.0 Å². The topological polar surface area (TPSA) is 54.9 Å². The van der Waals surface area contributed by atoms with Crippen molar-refractivity contribution in [3.05, 3.63) is 59.2 Å². The molecule has 0 fully saturated rings. The zero-order valence-electron chi connectivity index (χ0n) is 15.4. The fraction of sp³-hybridized carbons (Fsp3) is 0.350. The molecule has 2 N–H and O–H groups in total. The summed E-state index contributed by atoms with van der Waals surface area (Å²) >= 11 is 0. The first-order valence-electron chi connectivity index (χ1n) is 8.48. The second-order valence-electron chi connectivity index (χ2n) is 6.10. The number of halogens is 1. The fourth-order valence-corrected chi connectivity index (χ4v) is 3.16. The van der Waals surface area contributed by atoms with E-state index < -0.39 is 0 Å². The molecule has 1 aliphatic carbocycles. The van der Waals surface area contributed by atoms with E-state index in [2.05, 4.69) is 39.9 Å². The van der Waals surface area contributed by atoms with Gasteiger partial charge in [-0.25, -0.2) is 0 Å². The van der Waals surface area contributed by atoms with Crippen molar-refractivity contribution in [3.8, 4) is 11.5 Å². The van der Waals surface area contributed by atoms with Crippen molar-refractivity contribution < 1.29 is 9.47 Å². The molecule has 1 unspecified atom stereocenters. The van der Waals surface area contributed by atoms with Crippen molar-refractivity contribution in [2.75, 3.05) is 27.8 Å². The molecule has 0 bridgehead atoms. The third-order valence-corrected chi connectivity index (χ3v) is 4.61. The Balaban J connectivity index is 0.00000243. The van der Waals surface area contributed by atoms with Gasteiger partial charge in [-0.15, -0.1) is 24.0 Å². The van der Waals surface area contributed by atoms with Gasteiger partial charge < -0.3 is 20.1 Å². The van der Waals surface area contributed by atoms with Crippen LogP contribution in [0.1, 0.15) is 22.6 Å². The van der Waals surface area contributed by atoms with E-state index in [1.807, 2.05) is 18.2 Å². The average Bonchev–Trinajstić information content (AvgIpc) is 2.64. The maximum absolute atomic E-state index is 5.35. The normalized spacial score (nSPS) is 15.2. The third-order valence-electron chi connectivity index (χ3n) is 4.61. The molecule has 0 radical (unpaired) electrons. The molecule has 26 heavy (non-hydrogen) atoms. The number of benzene rings is 2. The SMILES string of the molecule is CN=C(NCc1ccc(OC)c(OC)c1)NCC1Cc2ccccc21.I. The molecule has 0 aromatic heterocycles. The maximum atomic E-state index is 5.35. The second kappa shape index (κ2) is 9.66. The largest absolute Gasteiger partial charge is 0.493 e. The smallest absolute Gasteiger partial charge is 0.191 e. The van der Waals surface area contributed by atoms with Gasteiger partial charge in [0.2, 0.25) is 0 Å². The Morgan fingerprint density at radius 3 is 2.54 bits per heavy atom. The minimum absolute atomic E-state index is 0. The lowest BCUT2D eigenvalue weighted by Crippen LogP contribution is -2.40. The molecule has 2 aromatic rings. The molecule has 0 aliphatic heterocycles. The van der Waals surface area contributed by atoms with Crippen LogP contribution in [0, 0.1) is 0 Å². The quantitative estimate of drug-likeness (QED) is 0.389. The van der Waals surface area contributed by atoms with Crippen LogP contribution >= 0.6 is 24.0 Å². The van der Waals surface area contributed by atoms with Gasteiger partial charge in [0, 0.05) is 26.1 Å². The van der Waals surface area contributed by atoms with Crippen molar-refractivity contribution in [2.24, 2.45) is 4.99 Å². The van der Waals surface area contributed by atoms with Gasteiger partial charge in [0.1, 0.15) is 0 Å². The van der Waals surface area contributed by atoms with Crippen LogP contribution in [-0.2, 0) is 13.0 Å². The highest BCUT2D eigenvalue weighted by Gasteiger charge is 2.25. The van der Waals surface area contributed by atoms with Crippen LogP contribution in [0.2, 0.25) is 0 Å². The van der Waals surface area contributed by atoms with E-state index in [0.29, 0.717) is 12.5 Å². The first-order chi connectivity index (χ1) is 12.2. The van der Waals surface area contributed by atoms with Gasteiger partial charge in [-0.3, -0.25) is 4.99 Å². The number of guanidine groups is 1. The van der Waals surface area contributed by atoms with Gasteiger partial charge >= 0.3 is 0 Å². The molecule has 5 nitrogen and oxygen atoms in total. The minimum atomic E-state index is 0. The number of methoxy groups -OCH3 is 2. The third kappa shape index (κ3) is 4.60. The maximum Gasteiger partial charge on any atom is 0.191 e. The van der Waals surface area contributed by atoms with Crippen LogP contribution in [0.15, 0.2) is 47.5 Å². The zero-order chi connectivity index (χ0) is 17.6. The van der Waals surface area contributed by atoms with Crippen LogP contribution in [0.3, 0.4) is 0 Å². The van der Waals surface area contributed by atoms with Gasteiger partial charge in [-0.05, 0) is 35.2 Å². The standard InChI is InChI=1S/C20H25N3O2.HI/c1-21-20(23-13-16-11-15-6-4-5-7-17(15)16)22-12-14-8-9-18(24-2)19(10-14)25-3;/h4-10,16H,11-13H2,1-3H3,(H2,21,22,23);1H. The Bertz CT molecular complexity index is 764. The Kier molecular flexibility index (Phi) is 7.56. The minimum Gasteiger partial charge on any atom is -0.493 e. The fourth-order valence-electron chi connectivity index (χ4n) is 3.16. The highest BCUT2D eigenvalue weighted by molar-refractivity contribution is 14.0. The molecule has 140 valence electrons. The first-order valence-corrected chi connectivity index (χ1v) is 8.48. The predicted molar refractivity (Wildman–Crippen MR) is 116 cm³/mol. The number of ether oxygens (including phenoxy) is 2. The van der Waals surface area contributed by atoms with Crippen LogP contribution in [-0.4, -0.2) is 33.8 Å². The van der Waals surface area contributed by atoms with Gasteiger partial charge in [0.15, 0.2) is 17.5 Å². The molecule has 2 aromatic carbocycles. The summed E-state index contributed by atoms with van der Waals surface area (Å²) in [7, 11) is 5.07. The summed E-state index contributed by atoms with van der Waals surface area (Å²) in [4.78, 5) is 4.30. The van der Waals surface area contributed by atoms with Crippen molar-refractivity contribution >= 4 is 29.9 Å². The molecule has 3 rings (SSSR count). The Hall–Kier alpha value is -1.96. The number of nitrogens with one attached hydrogen (secondary N) is 2. The summed E-state index contributed by atoms with van der Waals surface area (Å²) in [6.45, 7) is 1.56. The Morgan fingerprint density at radius 2 is 1.85 bits per heavy atom. The van der Waals surface area contributed by atoms with Crippen molar-refractivity contribution in [3.63, 3.8) is 0 Å². The van der Waals surface area contributed by atoms with Gasteiger partial charge in [-0.2, -0.15) is 0 Å². The molecule has 0 amide bonds. The monoisotopic (exact) mass is 467 g/mol. The highest BCUT2D eigenvalue weighted by Crippen LogP contribution is 2.34. The van der Waals surface area contributed by atoms with Crippen molar-refractivity contribution in [2.45, 2.75) is 18.9 Å². The van der Waals surface area contributed by atoms with E-state index in [1.165, 1.54) is 11.1 Å². The lowest BCUT2D eigenvalue weighted by molar-refractivity contribution is 0.354. The van der Waals surface area contributed by atoms with Gasteiger partial charge in [0.25, 0.3) is 0 Å². The molecular formula is C20H26IN3O2. The number of aliphatic imine (C=N–C) groups is 1. The van der Waals surface area contributed by atoms with Crippen molar-refractivity contribution in [1.29, 1.82) is 0 Å². The average molecular weight is 467 g/mol. The summed E-state index contributed by atoms with van der Waals surface area (Å²) in [5.41, 5.74) is 4.02. The van der Waals surface area contributed by atoms with Crippen molar-refractivity contribution in [1.82, 2.24) is 10.6 Å². The second-order valence-corrected chi connectivity index (χ2v) is 6.10. The number of nitrogens with zero attached hydrogens (tertiary/aromatic N) is 1. The number of fused-ring (bicyclic) bond motifs is 1. The lowest BCUT2D eigenvalue weighted by Gasteiger charge is -2.30. The van der Waals surface area contributed by atoms with E-state index in [9.17, 15) is 0 Å². The number of rotatable bonds is 6. The molecule has 0 saturated heterocycles. The van der Waals surface area contributed by atoms with E-state index in [4.69, 9.17) is 9.47 Å². The predicted octanol–water partition coefficient (Wildman–Crippen LogP) is 3.33. The Morgan fingerprint density at radius 1 is 1.08 bits per heavy atom. The molecule has 1 aliphatic rings. The summed E-state index contributed by atoms with van der Waals surface area (Å²) in [5.74, 6) is 2.84. The van der Waals surface area contributed by atoms with E-state index >= 15 is 0 Å².